The highest BCUT2D eigenvalue weighted by Gasteiger charge is 2.25. The van der Waals surface area contributed by atoms with Crippen molar-refractivity contribution in [2.45, 2.75) is 78.7 Å². The smallest absolute Gasteiger partial charge is 0.309 e. The Balaban J connectivity index is 1.37. The zero-order valence-electron chi connectivity index (χ0n) is 24.5. The second kappa shape index (κ2) is 16.6. The first-order chi connectivity index (χ1) is 19.4. The van der Waals surface area contributed by atoms with E-state index < -0.39 is 11.4 Å². The van der Waals surface area contributed by atoms with E-state index >= 15 is 0 Å². The predicted octanol–water partition coefficient (Wildman–Crippen LogP) is 8.44. The van der Waals surface area contributed by atoms with E-state index in [-0.39, 0.29) is 0 Å². The average molecular weight is 543 g/mol. The van der Waals surface area contributed by atoms with Gasteiger partial charge in [-0.15, -0.1) is 0 Å². The zero-order valence-corrected chi connectivity index (χ0v) is 24.5. The number of anilines is 1. The van der Waals surface area contributed by atoms with Crippen LogP contribution in [0.5, 0.6) is 0 Å². The van der Waals surface area contributed by atoms with Crippen molar-refractivity contribution in [1.82, 2.24) is 4.98 Å². The van der Waals surface area contributed by atoms with Crippen LogP contribution >= 0.6 is 0 Å². The molecule has 5 nitrogen and oxygen atoms in total. The zero-order chi connectivity index (χ0) is 28.6. The normalized spacial score (nSPS) is 11.7. The number of hydrogen-bond donors (Lipinski definition) is 2. The number of unbranched alkanes of at least 4 members (excludes halogenated alkanes) is 2. The van der Waals surface area contributed by atoms with Crippen molar-refractivity contribution in [3.8, 4) is 0 Å². The summed E-state index contributed by atoms with van der Waals surface area (Å²) in [4.78, 5) is 16.0. The van der Waals surface area contributed by atoms with E-state index in [2.05, 4.69) is 54.7 Å². The average Bonchev–Trinajstić information content (AvgIpc) is 2.96. The van der Waals surface area contributed by atoms with E-state index in [4.69, 9.17) is 9.72 Å². The molecule has 3 rings (SSSR count). The van der Waals surface area contributed by atoms with Crippen LogP contribution in [0.4, 0.5) is 5.69 Å². The summed E-state index contributed by atoms with van der Waals surface area (Å²) in [5.41, 5.74) is 6.09. The fourth-order valence-corrected chi connectivity index (χ4v) is 4.44. The summed E-state index contributed by atoms with van der Waals surface area (Å²) >= 11 is 0. The lowest BCUT2D eigenvalue weighted by Gasteiger charge is -2.18. The van der Waals surface area contributed by atoms with Crippen LogP contribution in [0.25, 0.3) is 12.2 Å². The highest BCUT2D eigenvalue weighted by molar-refractivity contribution is 5.73. The molecular weight excluding hydrogens is 496 g/mol. The molecule has 0 saturated heterocycles. The van der Waals surface area contributed by atoms with Crippen molar-refractivity contribution >= 4 is 23.8 Å². The first kappa shape index (κ1) is 31.1. The van der Waals surface area contributed by atoms with E-state index in [1.807, 2.05) is 36.4 Å². The standard InChI is InChI=1S/C35H46N2O3/c1-4-5-11-28-17-19-29(20-18-28)12-6-7-25-40-27-33-16-9-14-31(37-33)22-21-30-13-8-15-32(26-30)36-24-10-23-35(2,3)34(38)39/h8-9,13-22,26,36H,4-7,10-12,23-25,27H2,1-3H3,(H,38,39). The Hall–Kier alpha value is -3.44. The summed E-state index contributed by atoms with van der Waals surface area (Å²) in [6, 6.07) is 23.3. The Kier molecular flexibility index (Phi) is 12.9. The van der Waals surface area contributed by atoms with Gasteiger partial charge in [-0.1, -0.05) is 61.9 Å². The monoisotopic (exact) mass is 542 g/mol. The third-order valence-corrected chi connectivity index (χ3v) is 7.14. The Morgan fingerprint density at radius 1 is 0.925 bits per heavy atom. The van der Waals surface area contributed by atoms with Gasteiger partial charge in [-0.25, -0.2) is 0 Å². The molecule has 214 valence electrons. The number of carbonyl (C=O) groups is 1. The quantitative estimate of drug-likeness (QED) is 0.158. The summed E-state index contributed by atoms with van der Waals surface area (Å²) in [7, 11) is 0. The molecule has 0 unspecified atom stereocenters. The van der Waals surface area contributed by atoms with Gasteiger partial charge in [0.25, 0.3) is 0 Å². The van der Waals surface area contributed by atoms with Crippen molar-refractivity contribution < 1.29 is 14.6 Å². The van der Waals surface area contributed by atoms with Gasteiger partial charge in [-0.3, -0.25) is 9.78 Å². The van der Waals surface area contributed by atoms with Crippen molar-refractivity contribution in [2.75, 3.05) is 18.5 Å². The Labute approximate surface area is 240 Å². The summed E-state index contributed by atoms with van der Waals surface area (Å²) in [6.45, 7) is 7.77. The van der Waals surface area contributed by atoms with E-state index in [0.29, 0.717) is 13.0 Å². The number of benzene rings is 2. The Bertz CT molecular complexity index is 1200. The van der Waals surface area contributed by atoms with Crippen LogP contribution in [0, 0.1) is 5.41 Å². The fraction of sp³-hybridized carbons (Fsp3) is 0.429. The number of nitrogens with one attached hydrogen (secondary N) is 1. The second-order valence-corrected chi connectivity index (χ2v) is 11.2. The fourth-order valence-electron chi connectivity index (χ4n) is 4.44. The lowest BCUT2D eigenvalue weighted by molar-refractivity contribution is -0.147. The van der Waals surface area contributed by atoms with Crippen molar-refractivity contribution in [1.29, 1.82) is 0 Å². The van der Waals surface area contributed by atoms with E-state index in [1.165, 1.54) is 30.4 Å². The maximum absolute atomic E-state index is 11.3. The number of rotatable bonds is 18. The minimum Gasteiger partial charge on any atom is -0.481 e. The maximum atomic E-state index is 11.3. The summed E-state index contributed by atoms with van der Waals surface area (Å²) in [5.74, 6) is -0.751. The molecule has 0 fully saturated rings. The van der Waals surface area contributed by atoms with Crippen molar-refractivity contribution in [2.24, 2.45) is 5.41 Å². The lowest BCUT2D eigenvalue weighted by Crippen LogP contribution is -2.24. The molecule has 1 aromatic heterocycles. The SMILES string of the molecule is CCCCc1ccc(CCCCOCc2cccc(C=Cc3cccc(NCCCC(C)(C)C(=O)O)c3)n2)cc1. The molecule has 0 amide bonds. The van der Waals surface area contributed by atoms with Gasteiger partial charge in [0, 0.05) is 18.8 Å². The van der Waals surface area contributed by atoms with Crippen LogP contribution < -0.4 is 5.32 Å². The molecular formula is C35H46N2O3. The second-order valence-electron chi connectivity index (χ2n) is 11.2. The number of aliphatic carboxylic acids is 1. The largest absolute Gasteiger partial charge is 0.481 e. The van der Waals surface area contributed by atoms with Crippen LogP contribution in [-0.4, -0.2) is 29.2 Å². The van der Waals surface area contributed by atoms with Gasteiger partial charge < -0.3 is 15.2 Å². The van der Waals surface area contributed by atoms with Crippen molar-refractivity contribution in [3.63, 3.8) is 0 Å². The summed E-state index contributed by atoms with van der Waals surface area (Å²) in [6.07, 6.45) is 12.4. The number of carboxylic acid groups (broad SMARTS) is 1. The molecule has 0 atom stereocenters. The Morgan fingerprint density at radius 3 is 2.38 bits per heavy atom. The number of carboxylic acids is 1. The maximum Gasteiger partial charge on any atom is 0.309 e. The first-order valence-electron chi connectivity index (χ1n) is 14.7. The van der Waals surface area contributed by atoms with Gasteiger partial charge >= 0.3 is 5.97 Å². The molecule has 0 aliphatic heterocycles. The molecule has 0 aliphatic carbocycles. The van der Waals surface area contributed by atoms with Gasteiger partial charge in [0.05, 0.1) is 23.4 Å². The molecule has 0 spiro atoms. The predicted molar refractivity (Wildman–Crippen MR) is 166 cm³/mol. The van der Waals surface area contributed by atoms with Crippen LogP contribution in [0.2, 0.25) is 0 Å². The van der Waals surface area contributed by atoms with E-state index in [1.54, 1.807) is 13.8 Å². The van der Waals surface area contributed by atoms with Crippen LogP contribution in [-0.2, 0) is 29.0 Å². The molecule has 3 aromatic rings. The highest BCUT2D eigenvalue weighted by atomic mass is 16.5. The molecule has 5 heteroatoms. The molecule has 0 bridgehead atoms. The van der Waals surface area contributed by atoms with Gasteiger partial charge in [0.15, 0.2) is 0 Å². The third kappa shape index (κ3) is 11.4. The van der Waals surface area contributed by atoms with Gasteiger partial charge in [-0.2, -0.15) is 0 Å². The first-order valence-corrected chi connectivity index (χ1v) is 14.7. The highest BCUT2D eigenvalue weighted by Crippen LogP contribution is 2.22. The number of ether oxygens (including phenoxy) is 1. The molecule has 0 radical (unpaired) electrons. The van der Waals surface area contributed by atoms with Gasteiger partial charge in [-0.05, 0) is 106 Å². The molecule has 0 aliphatic rings. The lowest BCUT2D eigenvalue weighted by atomic mass is 9.88. The van der Waals surface area contributed by atoms with E-state index in [0.717, 1.165) is 61.5 Å². The summed E-state index contributed by atoms with van der Waals surface area (Å²) in [5, 5.41) is 12.7. The molecule has 40 heavy (non-hydrogen) atoms. The third-order valence-electron chi connectivity index (χ3n) is 7.14. The van der Waals surface area contributed by atoms with Gasteiger partial charge in [0.1, 0.15) is 0 Å². The minimum atomic E-state index is -0.751. The van der Waals surface area contributed by atoms with E-state index in [9.17, 15) is 9.90 Å². The topological polar surface area (TPSA) is 71.5 Å². The van der Waals surface area contributed by atoms with Crippen LogP contribution in [0.15, 0.2) is 66.7 Å². The molecule has 1 heterocycles. The molecule has 2 N–H and O–H groups in total. The van der Waals surface area contributed by atoms with Crippen molar-refractivity contribution in [3.05, 3.63) is 94.8 Å². The molecule has 0 saturated carbocycles. The minimum absolute atomic E-state index is 0.520. The number of nitrogens with zero attached hydrogens (tertiary/aromatic N) is 1. The number of aromatic nitrogens is 1. The van der Waals surface area contributed by atoms with Crippen LogP contribution in [0.1, 0.15) is 87.4 Å². The Morgan fingerprint density at radius 2 is 1.65 bits per heavy atom. The van der Waals surface area contributed by atoms with Crippen LogP contribution in [0.3, 0.4) is 0 Å². The summed E-state index contributed by atoms with van der Waals surface area (Å²) < 4.78 is 5.91. The number of hydrogen-bond acceptors (Lipinski definition) is 4. The molecule has 2 aromatic carbocycles. The number of pyridine rings is 1. The van der Waals surface area contributed by atoms with Gasteiger partial charge in [0.2, 0.25) is 0 Å². The number of aryl methyl sites for hydroxylation is 2.